The summed E-state index contributed by atoms with van der Waals surface area (Å²) >= 11 is 0. The van der Waals surface area contributed by atoms with Crippen LogP contribution in [0.4, 0.5) is 0 Å². The van der Waals surface area contributed by atoms with Crippen LogP contribution in [-0.2, 0) is 13.0 Å². The summed E-state index contributed by atoms with van der Waals surface area (Å²) in [5.41, 5.74) is 3.03. The molecule has 1 aromatic heterocycles. The Hall–Kier alpha value is -3.67. The molecule has 2 N–H and O–H groups in total. The van der Waals surface area contributed by atoms with Crippen LogP contribution >= 0.6 is 0 Å². The van der Waals surface area contributed by atoms with Crippen LogP contribution in [0.25, 0.3) is 0 Å². The maximum atomic E-state index is 12.3. The van der Waals surface area contributed by atoms with Crippen molar-refractivity contribution in [3.8, 4) is 5.75 Å². The number of methoxy groups -OCH3 is 1. The number of nitrogens with zero attached hydrogens (tertiary/aromatic N) is 1. The van der Waals surface area contributed by atoms with Crippen molar-refractivity contribution in [3.63, 3.8) is 0 Å². The van der Waals surface area contributed by atoms with Crippen LogP contribution in [0.3, 0.4) is 0 Å². The summed E-state index contributed by atoms with van der Waals surface area (Å²) in [7, 11) is 1.63. The third-order valence-corrected chi connectivity index (χ3v) is 4.42. The SMILES string of the molecule is COc1cccc(CCNC(=O)c2ccc(C(=O)NCc3cccnc3)cc2)c1. The van der Waals surface area contributed by atoms with E-state index in [1.807, 2.05) is 36.4 Å². The molecule has 148 valence electrons. The highest BCUT2D eigenvalue weighted by molar-refractivity contribution is 5.97. The largest absolute Gasteiger partial charge is 0.497 e. The molecule has 0 atom stereocenters. The Bertz CT molecular complexity index is 957. The standard InChI is InChI=1S/C23H23N3O3/c1-29-21-6-2-4-17(14-21)11-13-25-22(27)19-7-9-20(10-8-19)23(28)26-16-18-5-3-12-24-15-18/h2-10,12,14-15H,11,13,16H2,1H3,(H,25,27)(H,26,28). The lowest BCUT2D eigenvalue weighted by atomic mass is 10.1. The van der Waals surface area contributed by atoms with E-state index in [4.69, 9.17) is 4.74 Å². The predicted octanol–water partition coefficient (Wildman–Crippen LogP) is 2.99. The van der Waals surface area contributed by atoms with Crippen LogP contribution in [0, 0.1) is 0 Å². The maximum absolute atomic E-state index is 12.3. The number of carbonyl (C=O) groups excluding carboxylic acids is 2. The molecule has 3 rings (SSSR count). The molecule has 0 bridgehead atoms. The number of hydrogen-bond donors (Lipinski definition) is 2. The number of nitrogens with one attached hydrogen (secondary N) is 2. The lowest BCUT2D eigenvalue weighted by molar-refractivity contribution is 0.0940. The van der Waals surface area contributed by atoms with E-state index in [2.05, 4.69) is 15.6 Å². The van der Waals surface area contributed by atoms with Crippen molar-refractivity contribution >= 4 is 11.8 Å². The highest BCUT2D eigenvalue weighted by Gasteiger charge is 2.09. The molecule has 29 heavy (non-hydrogen) atoms. The smallest absolute Gasteiger partial charge is 0.251 e. The van der Waals surface area contributed by atoms with Gasteiger partial charge in [0.2, 0.25) is 0 Å². The molecular formula is C23H23N3O3. The minimum Gasteiger partial charge on any atom is -0.497 e. The lowest BCUT2D eigenvalue weighted by Crippen LogP contribution is -2.26. The molecule has 2 amide bonds. The van der Waals surface area contributed by atoms with Gasteiger partial charge in [0.1, 0.15) is 5.75 Å². The van der Waals surface area contributed by atoms with Gasteiger partial charge in [0, 0.05) is 36.6 Å². The summed E-state index contributed by atoms with van der Waals surface area (Å²) in [6.07, 6.45) is 4.10. The molecule has 0 saturated carbocycles. The first-order valence-corrected chi connectivity index (χ1v) is 9.34. The molecule has 0 saturated heterocycles. The van der Waals surface area contributed by atoms with Gasteiger partial charge in [-0.2, -0.15) is 0 Å². The van der Waals surface area contributed by atoms with Gasteiger partial charge in [-0.05, 0) is 60.0 Å². The van der Waals surface area contributed by atoms with Gasteiger partial charge in [0.05, 0.1) is 7.11 Å². The summed E-state index contributed by atoms with van der Waals surface area (Å²) in [5.74, 6) is 0.431. The third-order valence-electron chi connectivity index (χ3n) is 4.42. The Morgan fingerprint density at radius 3 is 2.24 bits per heavy atom. The molecule has 1 heterocycles. The Kier molecular flexibility index (Phi) is 6.95. The van der Waals surface area contributed by atoms with Crippen LogP contribution in [0.5, 0.6) is 5.75 Å². The number of hydrogen-bond acceptors (Lipinski definition) is 4. The molecule has 6 nitrogen and oxygen atoms in total. The van der Waals surface area contributed by atoms with E-state index in [0.29, 0.717) is 30.6 Å². The predicted molar refractivity (Wildman–Crippen MR) is 111 cm³/mol. The Balaban J connectivity index is 1.48. The maximum Gasteiger partial charge on any atom is 0.251 e. The second kappa shape index (κ2) is 10.0. The summed E-state index contributed by atoms with van der Waals surface area (Å²) < 4.78 is 5.20. The van der Waals surface area contributed by atoms with Crippen molar-refractivity contribution < 1.29 is 14.3 Å². The first-order chi connectivity index (χ1) is 14.2. The van der Waals surface area contributed by atoms with Crippen molar-refractivity contribution in [2.75, 3.05) is 13.7 Å². The van der Waals surface area contributed by atoms with Crippen molar-refractivity contribution in [1.82, 2.24) is 15.6 Å². The summed E-state index contributed by atoms with van der Waals surface area (Å²) in [5, 5.41) is 5.73. The van der Waals surface area contributed by atoms with Gasteiger partial charge in [-0.25, -0.2) is 0 Å². The molecular weight excluding hydrogens is 366 g/mol. The van der Waals surface area contributed by atoms with Crippen molar-refractivity contribution in [2.24, 2.45) is 0 Å². The number of pyridine rings is 1. The highest BCUT2D eigenvalue weighted by Crippen LogP contribution is 2.12. The van der Waals surface area contributed by atoms with Crippen LogP contribution in [-0.4, -0.2) is 30.5 Å². The van der Waals surface area contributed by atoms with Gasteiger partial charge >= 0.3 is 0 Å². The van der Waals surface area contributed by atoms with Gasteiger partial charge in [0.15, 0.2) is 0 Å². The highest BCUT2D eigenvalue weighted by atomic mass is 16.5. The van der Waals surface area contributed by atoms with E-state index >= 15 is 0 Å². The molecule has 0 aliphatic heterocycles. The zero-order chi connectivity index (χ0) is 20.5. The number of ether oxygens (including phenoxy) is 1. The fourth-order valence-electron chi connectivity index (χ4n) is 2.81. The zero-order valence-electron chi connectivity index (χ0n) is 16.2. The molecule has 0 aliphatic carbocycles. The number of carbonyl (C=O) groups is 2. The lowest BCUT2D eigenvalue weighted by Gasteiger charge is -2.08. The Morgan fingerprint density at radius 1 is 0.897 bits per heavy atom. The van der Waals surface area contributed by atoms with E-state index < -0.39 is 0 Å². The van der Waals surface area contributed by atoms with Gasteiger partial charge < -0.3 is 15.4 Å². The number of benzene rings is 2. The Morgan fingerprint density at radius 2 is 1.59 bits per heavy atom. The van der Waals surface area contributed by atoms with E-state index in [0.717, 1.165) is 16.9 Å². The fourth-order valence-corrected chi connectivity index (χ4v) is 2.81. The minimum atomic E-state index is -0.196. The normalized spacial score (nSPS) is 10.2. The summed E-state index contributed by atoms with van der Waals surface area (Å²) in [6, 6.07) is 18.1. The molecule has 0 aliphatic rings. The minimum absolute atomic E-state index is 0.171. The second-order valence-electron chi connectivity index (χ2n) is 6.48. The molecule has 0 fully saturated rings. The summed E-state index contributed by atoms with van der Waals surface area (Å²) in [6.45, 7) is 0.915. The monoisotopic (exact) mass is 389 g/mol. The molecule has 3 aromatic rings. The third kappa shape index (κ3) is 5.90. The average molecular weight is 389 g/mol. The number of rotatable bonds is 8. The second-order valence-corrected chi connectivity index (χ2v) is 6.48. The molecule has 0 unspecified atom stereocenters. The first kappa shape index (κ1) is 20.1. The van der Waals surface area contributed by atoms with Crippen molar-refractivity contribution in [2.45, 2.75) is 13.0 Å². The zero-order valence-corrected chi connectivity index (χ0v) is 16.2. The van der Waals surface area contributed by atoms with Gasteiger partial charge in [-0.3, -0.25) is 14.6 Å². The first-order valence-electron chi connectivity index (χ1n) is 9.34. The van der Waals surface area contributed by atoms with E-state index in [1.54, 1.807) is 43.8 Å². The van der Waals surface area contributed by atoms with Crippen molar-refractivity contribution in [3.05, 3.63) is 95.3 Å². The topological polar surface area (TPSA) is 80.3 Å². The van der Waals surface area contributed by atoms with E-state index in [1.165, 1.54) is 0 Å². The van der Waals surface area contributed by atoms with Crippen LogP contribution in [0.15, 0.2) is 73.1 Å². The van der Waals surface area contributed by atoms with Crippen LogP contribution < -0.4 is 15.4 Å². The van der Waals surface area contributed by atoms with Crippen LogP contribution in [0.1, 0.15) is 31.8 Å². The Labute approximate surface area is 169 Å². The van der Waals surface area contributed by atoms with Gasteiger partial charge in [0.25, 0.3) is 11.8 Å². The van der Waals surface area contributed by atoms with Crippen molar-refractivity contribution in [1.29, 1.82) is 0 Å². The molecule has 0 radical (unpaired) electrons. The molecule has 0 spiro atoms. The fraction of sp³-hybridized carbons (Fsp3) is 0.174. The molecule has 2 aromatic carbocycles. The van der Waals surface area contributed by atoms with Gasteiger partial charge in [-0.15, -0.1) is 0 Å². The van der Waals surface area contributed by atoms with Crippen LogP contribution in [0.2, 0.25) is 0 Å². The van der Waals surface area contributed by atoms with E-state index in [-0.39, 0.29) is 11.8 Å². The summed E-state index contributed by atoms with van der Waals surface area (Å²) in [4.78, 5) is 28.6. The molecule has 6 heteroatoms. The number of aromatic nitrogens is 1. The van der Waals surface area contributed by atoms with Gasteiger partial charge in [-0.1, -0.05) is 18.2 Å². The van der Waals surface area contributed by atoms with E-state index in [9.17, 15) is 9.59 Å². The quantitative estimate of drug-likeness (QED) is 0.621. The average Bonchev–Trinajstić information content (AvgIpc) is 2.78. The number of amides is 2.